The number of nitrogens with zero attached hydrogens (tertiary/aromatic N) is 5. The minimum Gasteiger partial charge on any atom is -0.392 e. The highest BCUT2D eigenvalue weighted by atomic mass is 16.7. The topological polar surface area (TPSA) is 108 Å². The van der Waals surface area contributed by atoms with Crippen LogP contribution in [0, 0.1) is 5.92 Å². The number of aliphatic hydroxyl groups is 1. The van der Waals surface area contributed by atoms with Gasteiger partial charge in [0.2, 0.25) is 5.95 Å². The third-order valence-electron chi connectivity index (χ3n) is 9.24. The maximum Gasteiger partial charge on any atom is 0.261 e. The largest absolute Gasteiger partial charge is 0.392 e. The summed E-state index contributed by atoms with van der Waals surface area (Å²) in [7, 11) is 0. The van der Waals surface area contributed by atoms with Gasteiger partial charge in [0, 0.05) is 56.6 Å². The van der Waals surface area contributed by atoms with Gasteiger partial charge in [-0.3, -0.25) is 19.4 Å². The van der Waals surface area contributed by atoms with Crippen molar-refractivity contribution in [3.63, 3.8) is 0 Å². The fraction of sp³-hybridized carbons (Fsp3) is 0.333. The van der Waals surface area contributed by atoms with E-state index in [-0.39, 0.29) is 43.1 Å². The van der Waals surface area contributed by atoms with Crippen LogP contribution in [0.1, 0.15) is 62.3 Å². The van der Waals surface area contributed by atoms with Gasteiger partial charge in [-0.2, -0.15) is 0 Å². The summed E-state index contributed by atoms with van der Waals surface area (Å²) >= 11 is 0. The highest BCUT2D eigenvalue weighted by Gasteiger charge is 2.40. The first kappa shape index (κ1) is 30.2. The van der Waals surface area contributed by atoms with E-state index >= 15 is 0 Å². The Labute approximate surface area is 268 Å². The van der Waals surface area contributed by atoms with Crippen LogP contribution < -0.4 is 4.90 Å². The molecule has 10 nitrogen and oxygen atoms in total. The Bertz CT molecular complexity index is 1640. The Morgan fingerprint density at radius 3 is 2.00 bits per heavy atom. The molecule has 7 rings (SSSR count). The van der Waals surface area contributed by atoms with Crippen LogP contribution in [0.25, 0.3) is 0 Å². The van der Waals surface area contributed by atoms with Crippen LogP contribution in [0.2, 0.25) is 0 Å². The van der Waals surface area contributed by atoms with E-state index in [1.165, 1.54) is 4.90 Å². The number of aromatic nitrogens is 2. The summed E-state index contributed by atoms with van der Waals surface area (Å²) in [6, 6.07) is 24.4. The monoisotopic (exact) mass is 619 g/mol. The zero-order valence-corrected chi connectivity index (χ0v) is 25.7. The summed E-state index contributed by atoms with van der Waals surface area (Å²) in [6.45, 7) is 6.54. The van der Waals surface area contributed by atoms with Gasteiger partial charge in [-0.15, -0.1) is 0 Å². The lowest BCUT2D eigenvalue weighted by atomic mass is 9.90. The molecule has 0 aliphatic carbocycles. The first-order valence-electron chi connectivity index (χ1n) is 15.8. The predicted octanol–water partition coefficient (Wildman–Crippen LogP) is 4.38. The van der Waals surface area contributed by atoms with Gasteiger partial charge in [-0.1, -0.05) is 67.6 Å². The number of piperazine rings is 1. The van der Waals surface area contributed by atoms with Gasteiger partial charge in [0.15, 0.2) is 6.29 Å². The summed E-state index contributed by atoms with van der Waals surface area (Å²) in [5, 5.41) is 9.58. The van der Waals surface area contributed by atoms with Crippen LogP contribution in [-0.2, 0) is 22.6 Å². The van der Waals surface area contributed by atoms with E-state index in [2.05, 4.69) is 26.7 Å². The van der Waals surface area contributed by atoms with E-state index in [0.717, 1.165) is 60.9 Å². The number of rotatable bonds is 8. The zero-order valence-electron chi connectivity index (χ0n) is 25.7. The number of fused-ring (bicyclic) bond motifs is 1. The second kappa shape index (κ2) is 13.1. The average Bonchev–Trinajstić information content (AvgIpc) is 3.35. The van der Waals surface area contributed by atoms with Crippen molar-refractivity contribution in [2.45, 2.75) is 38.6 Å². The van der Waals surface area contributed by atoms with Crippen molar-refractivity contribution in [2.75, 3.05) is 37.6 Å². The molecule has 3 aliphatic heterocycles. The number of carbonyl (C=O) groups excluding carboxylic acids is 2. The molecule has 4 heterocycles. The molecule has 0 radical (unpaired) electrons. The first-order chi connectivity index (χ1) is 22.5. The Hall–Kier alpha value is -4.48. The molecule has 4 aromatic rings. The van der Waals surface area contributed by atoms with E-state index < -0.39 is 6.29 Å². The maximum absolute atomic E-state index is 12.9. The number of hydrogen-bond acceptors (Lipinski definition) is 9. The zero-order chi connectivity index (χ0) is 31.6. The third kappa shape index (κ3) is 6.04. The summed E-state index contributed by atoms with van der Waals surface area (Å²) in [4.78, 5) is 40.5. The smallest absolute Gasteiger partial charge is 0.261 e. The molecular formula is C36H37N5O5. The van der Waals surface area contributed by atoms with Gasteiger partial charge >= 0.3 is 0 Å². The standard InChI is InChI=1S/C36H37N5O5/c1-24-31(22-39-17-19-40(20-18-39)36-37-15-4-16-38-36)45-35(46-32(24)27-11-9-26(23-42)10-12-27)28-13-7-25(8-14-28)21-41-33(43)29-5-2-3-6-30(29)34(41)44/h2-16,24,31-32,35,42H,17-23H2,1H3. The van der Waals surface area contributed by atoms with Gasteiger partial charge in [0.25, 0.3) is 11.8 Å². The van der Waals surface area contributed by atoms with Gasteiger partial charge in [0.05, 0.1) is 36.5 Å². The van der Waals surface area contributed by atoms with E-state index in [9.17, 15) is 14.7 Å². The fourth-order valence-corrected chi connectivity index (χ4v) is 6.51. The third-order valence-corrected chi connectivity index (χ3v) is 9.24. The van der Waals surface area contributed by atoms with E-state index in [0.29, 0.717) is 11.1 Å². The molecule has 46 heavy (non-hydrogen) atoms. The van der Waals surface area contributed by atoms with Crippen LogP contribution in [0.5, 0.6) is 0 Å². The van der Waals surface area contributed by atoms with Crippen molar-refractivity contribution in [3.05, 3.63) is 125 Å². The second-order valence-electron chi connectivity index (χ2n) is 12.1. The van der Waals surface area contributed by atoms with E-state index in [1.54, 1.807) is 36.7 Å². The van der Waals surface area contributed by atoms with Crippen molar-refractivity contribution < 1.29 is 24.2 Å². The Kier molecular flexibility index (Phi) is 8.59. The minimum atomic E-state index is -0.601. The molecule has 0 spiro atoms. The lowest BCUT2D eigenvalue weighted by Crippen LogP contribution is -2.51. The summed E-state index contributed by atoms with van der Waals surface area (Å²) < 4.78 is 13.3. The van der Waals surface area contributed by atoms with Gasteiger partial charge in [-0.05, 0) is 34.9 Å². The van der Waals surface area contributed by atoms with Crippen LogP contribution in [0.4, 0.5) is 5.95 Å². The molecule has 0 saturated carbocycles. The first-order valence-corrected chi connectivity index (χ1v) is 15.8. The highest BCUT2D eigenvalue weighted by molar-refractivity contribution is 6.21. The number of imide groups is 1. The molecule has 4 atom stereocenters. The molecule has 0 bridgehead atoms. The molecule has 2 saturated heterocycles. The van der Waals surface area contributed by atoms with Gasteiger partial charge < -0.3 is 19.5 Å². The number of amides is 2. The quantitative estimate of drug-likeness (QED) is 0.288. The predicted molar refractivity (Wildman–Crippen MR) is 171 cm³/mol. The molecule has 3 aliphatic rings. The SMILES string of the molecule is CC1C(CN2CCN(c3ncccn3)CC2)OC(c2ccc(CN3C(=O)c4ccccc4C3=O)cc2)OC1c1ccc(CO)cc1. The molecule has 2 amide bonds. The van der Waals surface area contributed by atoms with Crippen molar-refractivity contribution in [2.24, 2.45) is 5.92 Å². The van der Waals surface area contributed by atoms with Crippen LogP contribution in [-0.4, -0.2) is 75.5 Å². The van der Waals surface area contributed by atoms with E-state index in [4.69, 9.17) is 9.47 Å². The van der Waals surface area contributed by atoms with Crippen molar-refractivity contribution in [1.29, 1.82) is 0 Å². The number of carbonyl (C=O) groups is 2. The normalized spacial score (nSPS) is 23.5. The molecule has 4 unspecified atom stereocenters. The summed E-state index contributed by atoms with van der Waals surface area (Å²) in [6.07, 6.45) is 2.64. The second-order valence-corrected chi connectivity index (χ2v) is 12.1. The lowest BCUT2D eigenvalue weighted by molar-refractivity contribution is -0.276. The Balaban J connectivity index is 1.07. The van der Waals surface area contributed by atoms with Crippen LogP contribution in [0.15, 0.2) is 91.3 Å². The molecule has 10 heteroatoms. The molecule has 1 N–H and O–H groups in total. The molecule has 3 aromatic carbocycles. The van der Waals surface area contributed by atoms with Crippen LogP contribution in [0.3, 0.4) is 0 Å². The summed E-state index contributed by atoms with van der Waals surface area (Å²) in [5.74, 6) is 0.288. The minimum absolute atomic E-state index is 0.0111. The van der Waals surface area contributed by atoms with Gasteiger partial charge in [0.1, 0.15) is 0 Å². The lowest BCUT2D eigenvalue weighted by Gasteiger charge is -2.44. The molecule has 236 valence electrons. The number of ether oxygens (including phenoxy) is 2. The molecule has 1 aromatic heterocycles. The number of aliphatic hydroxyl groups excluding tert-OH is 1. The van der Waals surface area contributed by atoms with Gasteiger partial charge in [-0.25, -0.2) is 9.97 Å². The summed E-state index contributed by atoms with van der Waals surface area (Å²) in [5.41, 5.74) is 4.49. The molecule has 2 fully saturated rings. The number of benzene rings is 3. The van der Waals surface area contributed by atoms with Crippen molar-refractivity contribution >= 4 is 17.8 Å². The van der Waals surface area contributed by atoms with Crippen LogP contribution >= 0.6 is 0 Å². The average molecular weight is 620 g/mol. The number of hydrogen-bond donors (Lipinski definition) is 1. The Morgan fingerprint density at radius 2 is 1.37 bits per heavy atom. The Morgan fingerprint density at radius 1 is 0.761 bits per heavy atom. The van der Waals surface area contributed by atoms with Crippen molar-refractivity contribution in [1.82, 2.24) is 19.8 Å². The van der Waals surface area contributed by atoms with Crippen molar-refractivity contribution in [3.8, 4) is 0 Å². The fourth-order valence-electron chi connectivity index (χ4n) is 6.51. The number of anilines is 1. The maximum atomic E-state index is 12.9. The highest BCUT2D eigenvalue weighted by Crippen LogP contribution is 2.42. The van der Waals surface area contributed by atoms with E-state index in [1.807, 2.05) is 54.6 Å². The molecular weight excluding hydrogens is 582 g/mol.